The Bertz CT molecular complexity index is 1030. The molecule has 4 nitrogen and oxygen atoms in total. The summed E-state index contributed by atoms with van der Waals surface area (Å²) < 4.78 is 86.2. The summed E-state index contributed by atoms with van der Waals surface area (Å²) >= 11 is 6.02. The van der Waals surface area contributed by atoms with Gasteiger partial charge in [0, 0.05) is 12.4 Å². The van der Waals surface area contributed by atoms with Crippen molar-refractivity contribution in [3.8, 4) is 11.6 Å². The maximum Gasteiger partial charge on any atom is 0.573 e. The van der Waals surface area contributed by atoms with Crippen LogP contribution in [-0.4, -0.2) is 15.9 Å². The summed E-state index contributed by atoms with van der Waals surface area (Å²) in [6.07, 6.45) is -7.58. The molecule has 1 aromatic carbocycles. The highest BCUT2D eigenvalue weighted by Gasteiger charge is 2.32. The highest BCUT2D eigenvalue weighted by molar-refractivity contribution is 6.32. The van der Waals surface area contributed by atoms with Gasteiger partial charge in [0.15, 0.2) is 5.82 Å². The van der Waals surface area contributed by atoms with Crippen molar-refractivity contribution in [1.82, 2.24) is 9.55 Å². The van der Waals surface area contributed by atoms with E-state index in [2.05, 4.69) is 9.72 Å². The number of benzene rings is 1. The van der Waals surface area contributed by atoms with Crippen LogP contribution in [0.3, 0.4) is 0 Å². The zero-order chi connectivity index (χ0) is 22.8. The summed E-state index contributed by atoms with van der Waals surface area (Å²) in [5.74, 6) is -0.236. The Kier molecular flexibility index (Phi) is 6.51. The third kappa shape index (κ3) is 5.92. The van der Waals surface area contributed by atoms with Gasteiger partial charge in [0.25, 0.3) is 0 Å². The van der Waals surface area contributed by atoms with Gasteiger partial charge in [-0.3, -0.25) is 0 Å². The van der Waals surface area contributed by atoms with Gasteiger partial charge in [-0.1, -0.05) is 23.7 Å². The number of halogens is 7. The van der Waals surface area contributed by atoms with E-state index >= 15 is 0 Å². The molecule has 11 heteroatoms. The van der Waals surface area contributed by atoms with Crippen molar-refractivity contribution < 1.29 is 35.8 Å². The average Bonchev–Trinajstić information content (AvgIpc) is 3.15. The Labute approximate surface area is 178 Å². The van der Waals surface area contributed by atoms with Crippen LogP contribution in [0.1, 0.15) is 29.8 Å². The minimum atomic E-state index is -4.77. The lowest BCUT2D eigenvalue weighted by atomic mass is 10.2. The largest absolute Gasteiger partial charge is 0.573 e. The summed E-state index contributed by atoms with van der Waals surface area (Å²) in [6.45, 7) is 1.79. The fraction of sp³-hybridized carbons (Fsp3) is 0.250. The van der Waals surface area contributed by atoms with E-state index in [4.69, 9.17) is 16.3 Å². The molecule has 3 rings (SSSR count). The predicted molar refractivity (Wildman–Crippen MR) is 99.9 cm³/mol. The van der Waals surface area contributed by atoms with Crippen molar-refractivity contribution in [2.75, 3.05) is 0 Å². The molecular weight excluding hydrogens is 450 g/mol. The van der Waals surface area contributed by atoms with Crippen LogP contribution < -0.4 is 4.74 Å². The summed E-state index contributed by atoms with van der Waals surface area (Å²) in [7, 11) is 0. The molecule has 0 aliphatic heterocycles. The second kappa shape index (κ2) is 8.80. The van der Waals surface area contributed by atoms with E-state index in [0.717, 1.165) is 6.07 Å². The van der Waals surface area contributed by atoms with Crippen LogP contribution in [0.2, 0.25) is 5.02 Å². The van der Waals surface area contributed by atoms with Crippen LogP contribution in [-0.2, 0) is 17.5 Å². The lowest BCUT2D eigenvalue weighted by Crippen LogP contribution is -2.17. The normalized spacial score (nSPS) is 13.3. The number of hydrogen-bond acceptors (Lipinski definition) is 3. The van der Waals surface area contributed by atoms with Crippen LogP contribution in [0, 0.1) is 0 Å². The SMILES string of the molecule is CC(OCc1ccc(OC(F)(F)F)cc1)c1cccn1-c1ncc(C(F)(F)F)cc1Cl. The number of aromatic nitrogens is 2. The quantitative estimate of drug-likeness (QED) is 0.380. The first-order valence-corrected chi connectivity index (χ1v) is 9.18. The van der Waals surface area contributed by atoms with Crippen molar-refractivity contribution >= 4 is 11.6 Å². The van der Waals surface area contributed by atoms with Crippen molar-refractivity contribution in [1.29, 1.82) is 0 Å². The topological polar surface area (TPSA) is 36.3 Å². The molecular formula is C20H15ClF6N2O2. The third-order valence-electron chi connectivity index (χ3n) is 4.23. The molecule has 2 heterocycles. The standard InChI is InChI=1S/C20H15ClF6N2O2/c1-12(30-11-13-4-6-15(7-5-13)31-20(25,26)27)17-3-2-8-29(17)18-16(21)9-14(10-28-18)19(22,23)24/h2-10,12H,11H2,1H3. The number of hydrogen-bond donors (Lipinski definition) is 0. The van der Waals surface area contributed by atoms with E-state index in [9.17, 15) is 26.3 Å². The van der Waals surface area contributed by atoms with Gasteiger partial charge in [-0.25, -0.2) is 4.98 Å². The van der Waals surface area contributed by atoms with E-state index in [1.54, 1.807) is 25.3 Å². The van der Waals surface area contributed by atoms with Crippen molar-refractivity contribution in [3.05, 3.63) is 76.7 Å². The van der Waals surface area contributed by atoms with Gasteiger partial charge < -0.3 is 14.0 Å². The molecule has 0 bridgehead atoms. The number of alkyl halides is 6. The molecule has 0 radical (unpaired) electrons. The molecule has 0 aliphatic carbocycles. The maximum absolute atomic E-state index is 12.8. The maximum atomic E-state index is 12.8. The first kappa shape index (κ1) is 23.0. The predicted octanol–water partition coefficient (Wildman–Crippen LogP) is 6.72. The summed E-state index contributed by atoms with van der Waals surface area (Å²) in [5, 5.41) is -0.181. The van der Waals surface area contributed by atoms with Crippen LogP contribution in [0.5, 0.6) is 5.75 Å². The molecule has 0 saturated carbocycles. The van der Waals surface area contributed by atoms with Gasteiger partial charge in [-0.05, 0) is 42.8 Å². The van der Waals surface area contributed by atoms with E-state index in [-0.39, 0.29) is 23.2 Å². The smallest absolute Gasteiger partial charge is 0.406 e. The van der Waals surface area contributed by atoms with Gasteiger partial charge in [-0.2, -0.15) is 13.2 Å². The lowest BCUT2D eigenvalue weighted by molar-refractivity contribution is -0.274. The van der Waals surface area contributed by atoms with Gasteiger partial charge in [0.1, 0.15) is 5.75 Å². The van der Waals surface area contributed by atoms with Crippen molar-refractivity contribution in [2.24, 2.45) is 0 Å². The first-order chi connectivity index (χ1) is 14.4. The Morgan fingerprint density at radius 2 is 1.74 bits per heavy atom. The van der Waals surface area contributed by atoms with Crippen LogP contribution in [0.15, 0.2) is 54.9 Å². The number of nitrogens with zero attached hydrogens (tertiary/aromatic N) is 2. The average molecular weight is 465 g/mol. The summed E-state index contributed by atoms with van der Waals surface area (Å²) in [5.41, 5.74) is 0.216. The number of pyridine rings is 1. The monoisotopic (exact) mass is 464 g/mol. The minimum Gasteiger partial charge on any atom is -0.406 e. The molecule has 0 saturated heterocycles. The van der Waals surface area contributed by atoms with Crippen molar-refractivity contribution in [2.45, 2.75) is 32.2 Å². The van der Waals surface area contributed by atoms with Gasteiger partial charge in [0.05, 0.1) is 29.0 Å². The summed E-state index contributed by atoms with van der Waals surface area (Å²) in [6, 6.07) is 9.36. The fourth-order valence-corrected chi connectivity index (χ4v) is 3.03. The molecule has 1 atom stereocenters. The highest BCUT2D eigenvalue weighted by Crippen LogP contribution is 2.33. The highest BCUT2D eigenvalue weighted by atomic mass is 35.5. The van der Waals surface area contributed by atoms with Crippen LogP contribution in [0.25, 0.3) is 5.82 Å². The molecule has 0 spiro atoms. The minimum absolute atomic E-state index is 0.0762. The summed E-state index contributed by atoms with van der Waals surface area (Å²) in [4.78, 5) is 3.84. The number of rotatable bonds is 6. The van der Waals surface area contributed by atoms with Crippen molar-refractivity contribution in [3.63, 3.8) is 0 Å². The Balaban J connectivity index is 1.71. The number of ether oxygens (including phenoxy) is 2. The fourth-order valence-electron chi connectivity index (χ4n) is 2.78. The molecule has 0 fully saturated rings. The molecule has 0 N–H and O–H groups in total. The first-order valence-electron chi connectivity index (χ1n) is 8.81. The van der Waals surface area contributed by atoms with Gasteiger partial charge in [0.2, 0.25) is 0 Å². The Morgan fingerprint density at radius 3 is 2.32 bits per heavy atom. The molecule has 0 amide bonds. The Hall–Kier alpha value is -2.72. The molecule has 166 valence electrons. The van der Waals surface area contributed by atoms with E-state index in [0.29, 0.717) is 17.5 Å². The van der Waals surface area contributed by atoms with Gasteiger partial charge >= 0.3 is 12.5 Å². The molecule has 1 unspecified atom stereocenters. The van der Waals surface area contributed by atoms with E-state index < -0.39 is 24.2 Å². The van der Waals surface area contributed by atoms with Gasteiger partial charge in [-0.15, -0.1) is 13.2 Å². The Morgan fingerprint density at radius 1 is 1.06 bits per heavy atom. The molecule has 31 heavy (non-hydrogen) atoms. The van der Waals surface area contributed by atoms with Crippen LogP contribution >= 0.6 is 11.6 Å². The third-order valence-corrected chi connectivity index (χ3v) is 4.51. The molecule has 2 aromatic heterocycles. The van der Waals surface area contributed by atoms with Crippen LogP contribution in [0.4, 0.5) is 26.3 Å². The second-order valence-corrected chi connectivity index (χ2v) is 6.88. The van der Waals surface area contributed by atoms with E-state index in [1.165, 1.54) is 28.8 Å². The van der Waals surface area contributed by atoms with E-state index in [1.807, 2.05) is 0 Å². The zero-order valence-electron chi connectivity index (χ0n) is 15.8. The lowest BCUT2D eigenvalue weighted by Gasteiger charge is -2.18. The molecule has 0 aliphatic rings. The molecule has 3 aromatic rings. The second-order valence-electron chi connectivity index (χ2n) is 6.48. The zero-order valence-corrected chi connectivity index (χ0v) is 16.6.